The van der Waals surface area contributed by atoms with Crippen molar-refractivity contribution < 1.29 is 8.97 Å². The molecule has 0 unspecified atom stereocenters. The van der Waals surface area contributed by atoms with Gasteiger partial charge in [-0.25, -0.2) is 0 Å². The molecule has 0 aromatic rings. The third kappa shape index (κ3) is 24.8. The predicted molar refractivity (Wildman–Crippen MR) is 157 cm³/mol. The van der Waals surface area contributed by atoms with E-state index < -0.39 is 0 Å². The molecule has 2 heteroatoms. The van der Waals surface area contributed by atoms with Crippen LogP contribution in [0.1, 0.15) is 142 Å². The Morgan fingerprint density at radius 1 is 0.353 bits per heavy atom. The van der Waals surface area contributed by atoms with Gasteiger partial charge in [0.1, 0.15) is 0 Å². The lowest BCUT2D eigenvalue weighted by atomic mass is 10.1. The van der Waals surface area contributed by atoms with Crippen molar-refractivity contribution in [1.29, 1.82) is 0 Å². The Morgan fingerprint density at radius 2 is 0.588 bits per heavy atom. The Morgan fingerprint density at radius 3 is 0.853 bits per heavy atom. The van der Waals surface area contributed by atoms with Gasteiger partial charge in [0.15, 0.2) is 0 Å². The lowest BCUT2D eigenvalue weighted by Crippen LogP contribution is -2.42. The van der Waals surface area contributed by atoms with E-state index in [0.717, 1.165) is 8.97 Å². The molecule has 0 saturated carbocycles. The molecule has 0 spiro atoms. The Bertz CT molecular complexity index is 398. The summed E-state index contributed by atoms with van der Waals surface area (Å²) in [6, 6.07) is 0. The van der Waals surface area contributed by atoms with Gasteiger partial charge < -0.3 is 8.97 Å². The molecule has 2 nitrogen and oxygen atoms in total. The third-order valence-corrected chi connectivity index (χ3v) is 7.60. The topological polar surface area (TPSA) is 0 Å². The summed E-state index contributed by atoms with van der Waals surface area (Å²) >= 11 is 0. The van der Waals surface area contributed by atoms with Crippen LogP contribution in [0.15, 0.2) is 12.2 Å². The minimum absolute atomic E-state index is 1.14. The van der Waals surface area contributed by atoms with E-state index in [9.17, 15) is 0 Å². The lowest BCUT2D eigenvalue weighted by Gasteiger charge is -2.30. The van der Waals surface area contributed by atoms with Crippen molar-refractivity contribution in [3.8, 4) is 0 Å². The molecule has 0 radical (unpaired) electrons. The summed E-state index contributed by atoms with van der Waals surface area (Å²) in [5, 5.41) is 0. The van der Waals surface area contributed by atoms with Gasteiger partial charge in [0.05, 0.1) is 54.4 Å². The summed E-state index contributed by atoms with van der Waals surface area (Å²) in [5.74, 6) is 0. The maximum absolute atomic E-state index is 2.45. The molecule has 0 aromatic heterocycles. The molecular weight excluding hydrogens is 412 g/mol. The zero-order valence-corrected chi connectivity index (χ0v) is 25.0. The third-order valence-electron chi connectivity index (χ3n) is 7.60. The molecule has 0 aliphatic carbocycles. The van der Waals surface area contributed by atoms with E-state index in [0.29, 0.717) is 0 Å². The molecule has 0 amide bonds. The van der Waals surface area contributed by atoms with Crippen molar-refractivity contribution in [1.82, 2.24) is 0 Å². The summed E-state index contributed by atoms with van der Waals surface area (Å²) in [4.78, 5) is 0. The fourth-order valence-electron chi connectivity index (χ4n) is 4.96. The van der Waals surface area contributed by atoms with Crippen molar-refractivity contribution in [2.24, 2.45) is 0 Å². The van der Waals surface area contributed by atoms with Gasteiger partial charge in [0, 0.05) is 0 Å². The number of unbranched alkanes of at least 4 members (excludes halogenated alkanes) is 18. The molecular formula is C32H68N2+2. The van der Waals surface area contributed by atoms with Crippen LogP contribution in [0.2, 0.25) is 0 Å². The van der Waals surface area contributed by atoms with E-state index in [2.05, 4.69) is 54.2 Å². The highest BCUT2D eigenvalue weighted by molar-refractivity contribution is 4.81. The van der Waals surface area contributed by atoms with Crippen LogP contribution in [0.5, 0.6) is 0 Å². The zero-order chi connectivity index (χ0) is 25.4. The molecule has 0 aliphatic heterocycles. The Labute approximate surface area is 217 Å². The average Bonchev–Trinajstić information content (AvgIpc) is 2.79. The van der Waals surface area contributed by atoms with Crippen LogP contribution in [0, 0.1) is 0 Å². The van der Waals surface area contributed by atoms with Gasteiger partial charge in [0.2, 0.25) is 0 Å². The van der Waals surface area contributed by atoms with Crippen LogP contribution in [0.25, 0.3) is 0 Å². The second-order valence-corrected chi connectivity index (χ2v) is 12.5. The van der Waals surface area contributed by atoms with Gasteiger partial charge in [-0.2, -0.15) is 0 Å². The molecule has 0 bridgehead atoms. The van der Waals surface area contributed by atoms with Gasteiger partial charge >= 0.3 is 0 Å². The Kier molecular flexibility index (Phi) is 22.9. The van der Waals surface area contributed by atoms with Gasteiger partial charge in [0.25, 0.3) is 0 Å². The minimum Gasteiger partial charge on any atom is -0.325 e. The molecule has 0 atom stereocenters. The summed E-state index contributed by atoms with van der Waals surface area (Å²) in [7, 11) is 9.62. The maximum Gasteiger partial charge on any atom is 0.0971 e. The SMILES string of the molecule is CCCCCCCCCCCC[N+](C)(C)C/C=C\C[N+](C)(C)CCCCCCCCCCCC. The molecule has 0 heterocycles. The molecule has 0 fully saturated rings. The monoisotopic (exact) mass is 481 g/mol. The van der Waals surface area contributed by atoms with E-state index in [1.807, 2.05) is 0 Å². The first-order valence-electron chi connectivity index (χ1n) is 15.6. The van der Waals surface area contributed by atoms with Crippen molar-refractivity contribution in [2.75, 3.05) is 54.4 Å². The first-order chi connectivity index (χ1) is 16.3. The number of hydrogen-bond donors (Lipinski definition) is 0. The van der Waals surface area contributed by atoms with Crippen LogP contribution in [-0.4, -0.2) is 63.3 Å². The Balaban J connectivity index is 3.68. The number of quaternary nitrogens is 2. The van der Waals surface area contributed by atoms with Crippen molar-refractivity contribution in [3.63, 3.8) is 0 Å². The smallest absolute Gasteiger partial charge is 0.0971 e. The normalized spacial score (nSPS) is 12.8. The molecule has 0 N–H and O–H groups in total. The fraction of sp³-hybridized carbons (Fsp3) is 0.938. The summed E-state index contributed by atoms with van der Waals surface area (Å²) in [6.45, 7) is 9.59. The highest BCUT2D eigenvalue weighted by atomic mass is 15.3. The van der Waals surface area contributed by atoms with E-state index in [1.165, 1.54) is 155 Å². The molecule has 0 rings (SSSR count). The van der Waals surface area contributed by atoms with Crippen molar-refractivity contribution in [3.05, 3.63) is 12.2 Å². The predicted octanol–water partition coefficient (Wildman–Crippen LogP) is 9.54. The van der Waals surface area contributed by atoms with E-state index in [4.69, 9.17) is 0 Å². The minimum atomic E-state index is 1.14. The van der Waals surface area contributed by atoms with Crippen LogP contribution < -0.4 is 0 Å². The summed E-state index contributed by atoms with van der Waals surface area (Å²) in [5.41, 5.74) is 0. The molecule has 0 aliphatic rings. The van der Waals surface area contributed by atoms with Crippen molar-refractivity contribution in [2.45, 2.75) is 142 Å². The molecule has 204 valence electrons. The maximum atomic E-state index is 2.45. The number of likely N-dealkylation sites (N-methyl/N-ethyl adjacent to an activating group) is 2. The molecule has 34 heavy (non-hydrogen) atoms. The second-order valence-electron chi connectivity index (χ2n) is 12.5. The van der Waals surface area contributed by atoms with Gasteiger partial charge in [-0.3, -0.25) is 0 Å². The lowest BCUT2D eigenvalue weighted by molar-refractivity contribution is -0.887. The van der Waals surface area contributed by atoms with Crippen LogP contribution >= 0.6 is 0 Å². The van der Waals surface area contributed by atoms with E-state index in [1.54, 1.807) is 0 Å². The number of rotatable bonds is 26. The van der Waals surface area contributed by atoms with E-state index >= 15 is 0 Å². The molecule has 0 saturated heterocycles. The first-order valence-corrected chi connectivity index (χ1v) is 15.6. The van der Waals surface area contributed by atoms with Gasteiger partial charge in [-0.05, 0) is 37.8 Å². The van der Waals surface area contributed by atoms with Crippen LogP contribution in [0.4, 0.5) is 0 Å². The number of hydrogen-bond acceptors (Lipinski definition) is 0. The zero-order valence-electron chi connectivity index (χ0n) is 25.0. The van der Waals surface area contributed by atoms with Crippen LogP contribution in [0.3, 0.4) is 0 Å². The highest BCUT2D eigenvalue weighted by Crippen LogP contribution is 2.13. The summed E-state index contributed by atoms with van der Waals surface area (Å²) < 4.78 is 2.28. The van der Waals surface area contributed by atoms with Gasteiger partial charge in [-0.1, -0.05) is 117 Å². The average molecular weight is 481 g/mol. The fourth-order valence-corrected chi connectivity index (χ4v) is 4.96. The standard InChI is InChI=1S/C32H68N2/c1-7-9-11-13-15-17-19-21-23-25-29-33(3,4)31-27-28-32-34(5,6)30-26-24-22-20-18-16-14-12-10-8-2/h27-28H,7-26,29-32H2,1-6H3/q+2/b28-27-. The quantitative estimate of drug-likeness (QED) is 0.0656. The van der Waals surface area contributed by atoms with Crippen LogP contribution in [-0.2, 0) is 0 Å². The van der Waals surface area contributed by atoms with E-state index in [-0.39, 0.29) is 0 Å². The number of nitrogens with zero attached hydrogens (tertiary/aromatic N) is 2. The second kappa shape index (κ2) is 23.1. The highest BCUT2D eigenvalue weighted by Gasteiger charge is 2.14. The van der Waals surface area contributed by atoms with Crippen molar-refractivity contribution >= 4 is 0 Å². The first kappa shape index (κ1) is 33.7. The largest absolute Gasteiger partial charge is 0.325 e. The molecule has 0 aromatic carbocycles. The van der Waals surface area contributed by atoms with Gasteiger partial charge in [-0.15, -0.1) is 0 Å². The summed E-state index contributed by atoms with van der Waals surface area (Å²) in [6.07, 6.45) is 33.5. The Hall–Kier alpha value is -0.340.